The second kappa shape index (κ2) is 8.77. The molecule has 1 aliphatic rings. The van der Waals surface area contributed by atoms with Crippen LogP contribution in [0.3, 0.4) is 0 Å². The number of carbonyl (C=O) groups is 1. The lowest BCUT2D eigenvalue weighted by atomic mass is 9.73. The first kappa shape index (κ1) is 20.4. The van der Waals surface area contributed by atoms with Crippen LogP contribution >= 0.6 is 12.2 Å². The number of nitrogens with zero attached hydrogens (tertiary/aromatic N) is 2. The van der Waals surface area contributed by atoms with E-state index in [-0.39, 0.29) is 23.0 Å². The van der Waals surface area contributed by atoms with Gasteiger partial charge in [-0.3, -0.25) is 4.79 Å². The van der Waals surface area contributed by atoms with Crippen LogP contribution in [0, 0.1) is 5.92 Å². The smallest absolute Gasteiger partial charge is 0.246 e. The first-order valence-electron chi connectivity index (χ1n) is 9.72. The number of hydrogen-bond acceptors (Lipinski definition) is 3. The molecule has 8 heteroatoms. The number of likely N-dealkylation sites (tertiary alicyclic amines) is 1. The number of imidazole rings is 1. The van der Waals surface area contributed by atoms with Crippen LogP contribution in [0.4, 0.5) is 0 Å². The van der Waals surface area contributed by atoms with E-state index in [4.69, 9.17) is 18.0 Å². The van der Waals surface area contributed by atoms with E-state index < -0.39 is 6.04 Å². The quantitative estimate of drug-likeness (QED) is 0.514. The van der Waals surface area contributed by atoms with Gasteiger partial charge >= 0.3 is 0 Å². The van der Waals surface area contributed by atoms with Crippen molar-refractivity contribution < 1.29 is 4.79 Å². The Morgan fingerprint density at radius 3 is 2.71 bits per heavy atom. The average molecular weight is 396 g/mol. The Hall–Kier alpha value is -2.35. The molecule has 0 aliphatic carbocycles. The van der Waals surface area contributed by atoms with Gasteiger partial charge in [-0.05, 0) is 36.5 Å². The van der Waals surface area contributed by atoms with Crippen molar-refractivity contribution in [2.45, 2.75) is 45.6 Å². The van der Waals surface area contributed by atoms with Gasteiger partial charge in [-0.25, -0.2) is 4.98 Å². The Balaban J connectivity index is 1.79. The number of nitrogens with two attached hydrogens (primary N) is 1. The fourth-order valence-electron chi connectivity index (χ4n) is 3.67. The molecule has 0 saturated carbocycles. The molecule has 1 aromatic carbocycles. The molecule has 2 aromatic rings. The Bertz CT molecular complexity index is 835. The van der Waals surface area contributed by atoms with E-state index in [1.807, 2.05) is 31.8 Å². The van der Waals surface area contributed by atoms with Crippen LogP contribution in [0.15, 0.2) is 30.5 Å². The van der Waals surface area contributed by atoms with Crippen molar-refractivity contribution in [2.75, 3.05) is 6.54 Å². The third-order valence-corrected chi connectivity index (χ3v) is 5.35. The summed E-state index contributed by atoms with van der Waals surface area (Å²) in [4.78, 5) is 23.1. The molecule has 2 atom stereocenters. The molecule has 1 aliphatic heterocycles. The number of rotatable bonds is 6. The normalized spacial score (nSPS) is 17.6. The molecular formula is C20H27BN5OS. The Morgan fingerprint density at radius 2 is 2.11 bits per heavy atom. The molecule has 0 spiro atoms. The van der Waals surface area contributed by atoms with Gasteiger partial charge in [-0.2, -0.15) is 0 Å². The minimum Gasteiger partial charge on any atom is -0.376 e. The van der Waals surface area contributed by atoms with Crippen LogP contribution in [0.1, 0.15) is 38.6 Å². The number of benzene rings is 1. The van der Waals surface area contributed by atoms with Crippen LogP contribution in [0.5, 0.6) is 0 Å². The summed E-state index contributed by atoms with van der Waals surface area (Å²) in [7, 11) is 2.07. The highest BCUT2D eigenvalue weighted by molar-refractivity contribution is 7.80. The van der Waals surface area contributed by atoms with Gasteiger partial charge in [0.05, 0.1) is 17.9 Å². The molecule has 4 N–H and O–H groups in total. The molecule has 0 unspecified atom stereocenters. The summed E-state index contributed by atoms with van der Waals surface area (Å²) < 4.78 is 0. The van der Waals surface area contributed by atoms with Crippen molar-refractivity contribution in [3.8, 4) is 11.3 Å². The molecule has 1 aromatic heterocycles. The minimum atomic E-state index is -0.426. The molecule has 2 heterocycles. The van der Waals surface area contributed by atoms with Crippen LogP contribution < -0.4 is 16.5 Å². The maximum absolute atomic E-state index is 13.2. The Labute approximate surface area is 172 Å². The monoisotopic (exact) mass is 396 g/mol. The van der Waals surface area contributed by atoms with Gasteiger partial charge in [-0.15, -0.1) is 0 Å². The van der Waals surface area contributed by atoms with Gasteiger partial charge in [0.15, 0.2) is 5.11 Å². The zero-order valence-electron chi connectivity index (χ0n) is 16.6. The van der Waals surface area contributed by atoms with Crippen LogP contribution in [-0.4, -0.2) is 45.8 Å². The van der Waals surface area contributed by atoms with Crippen molar-refractivity contribution >= 4 is 36.0 Å². The van der Waals surface area contributed by atoms with Gasteiger partial charge < -0.3 is 20.9 Å². The standard InChI is InChI=1S/C20H27BN5OS/c1-12(2)17(25-20(22)28)19(27)26-10-4-5-16(26)18-23-11-15(24-18)13-6-8-14(21-3)9-7-13/h6-9,11-12,16-17H,4-5,10H2,1-3H3,(H,23,24)(H3,22,25,28)/t16-,17-/m0/s1. The maximum atomic E-state index is 13.2. The second-order valence-electron chi connectivity index (χ2n) is 7.51. The van der Waals surface area contributed by atoms with Gasteiger partial charge in [0.2, 0.25) is 5.91 Å². The molecule has 1 radical (unpaired) electrons. The van der Waals surface area contributed by atoms with E-state index in [1.54, 1.807) is 0 Å². The SMILES string of the molecule is C[B]c1ccc(-c2cnc([C@@H]3CCCN3C(=O)[C@@H](NC(N)=S)C(C)C)[nH]2)cc1. The first-order valence-corrected chi connectivity index (χ1v) is 10.1. The summed E-state index contributed by atoms with van der Waals surface area (Å²) in [6.45, 7) is 6.71. The van der Waals surface area contributed by atoms with E-state index in [0.29, 0.717) is 6.54 Å². The number of H-pyrrole nitrogens is 1. The van der Waals surface area contributed by atoms with E-state index >= 15 is 0 Å². The fourth-order valence-corrected chi connectivity index (χ4v) is 3.80. The number of amides is 1. The third-order valence-electron chi connectivity index (χ3n) is 5.23. The van der Waals surface area contributed by atoms with Crippen molar-refractivity contribution in [1.29, 1.82) is 0 Å². The second-order valence-corrected chi connectivity index (χ2v) is 7.95. The van der Waals surface area contributed by atoms with Gasteiger partial charge in [0.25, 0.3) is 0 Å². The summed E-state index contributed by atoms with van der Waals surface area (Å²) in [6, 6.07) is 7.83. The highest BCUT2D eigenvalue weighted by atomic mass is 32.1. The molecule has 147 valence electrons. The van der Waals surface area contributed by atoms with Crippen molar-refractivity contribution in [3.63, 3.8) is 0 Å². The molecule has 1 fully saturated rings. The lowest BCUT2D eigenvalue weighted by Crippen LogP contribution is -2.52. The van der Waals surface area contributed by atoms with E-state index in [9.17, 15) is 4.79 Å². The fraction of sp³-hybridized carbons (Fsp3) is 0.450. The van der Waals surface area contributed by atoms with E-state index in [1.165, 1.54) is 5.46 Å². The summed E-state index contributed by atoms with van der Waals surface area (Å²) in [5, 5.41) is 3.10. The summed E-state index contributed by atoms with van der Waals surface area (Å²) in [5.74, 6) is 0.923. The molecule has 1 saturated heterocycles. The summed E-state index contributed by atoms with van der Waals surface area (Å²) in [5.41, 5.74) is 8.85. The van der Waals surface area contributed by atoms with Crippen molar-refractivity contribution in [2.24, 2.45) is 11.7 Å². The Morgan fingerprint density at radius 1 is 1.39 bits per heavy atom. The van der Waals surface area contributed by atoms with Crippen molar-refractivity contribution in [3.05, 3.63) is 36.3 Å². The van der Waals surface area contributed by atoms with Crippen LogP contribution in [0.2, 0.25) is 6.82 Å². The highest BCUT2D eigenvalue weighted by Crippen LogP contribution is 2.32. The average Bonchev–Trinajstić information content (AvgIpc) is 3.34. The predicted octanol–water partition coefficient (Wildman–Crippen LogP) is 1.98. The van der Waals surface area contributed by atoms with E-state index in [0.717, 1.165) is 29.9 Å². The first-order chi connectivity index (χ1) is 13.4. The number of hydrogen-bond donors (Lipinski definition) is 3. The molecule has 1 amide bonds. The van der Waals surface area contributed by atoms with Crippen LogP contribution in [-0.2, 0) is 4.79 Å². The number of aromatic nitrogens is 2. The predicted molar refractivity (Wildman–Crippen MR) is 118 cm³/mol. The molecule has 0 bridgehead atoms. The topological polar surface area (TPSA) is 87.0 Å². The van der Waals surface area contributed by atoms with Gasteiger partial charge in [0.1, 0.15) is 19.1 Å². The lowest BCUT2D eigenvalue weighted by Gasteiger charge is -2.30. The van der Waals surface area contributed by atoms with Gasteiger partial charge in [-0.1, -0.05) is 50.4 Å². The number of carbonyl (C=O) groups excluding carboxylic acids is 1. The zero-order valence-corrected chi connectivity index (χ0v) is 17.4. The maximum Gasteiger partial charge on any atom is 0.246 e. The largest absolute Gasteiger partial charge is 0.376 e. The highest BCUT2D eigenvalue weighted by Gasteiger charge is 2.36. The summed E-state index contributed by atoms with van der Waals surface area (Å²) in [6.07, 6.45) is 3.68. The Kier molecular flexibility index (Phi) is 6.39. The van der Waals surface area contributed by atoms with E-state index in [2.05, 4.69) is 46.8 Å². The minimum absolute atomic E-state index is 0.0195. The lowest BCUT2D eigenvalue weighted by molar-refractivity contribution is -0.135. The number of aromatic amines is 1. The van der Waals surface area contributed by atoms with Gasteiger partial charge in [0, 0.05) is 6.54 Å². The van der Waals surface area contributed by atoms with Crippen molar-refractivity contribution in [1.82, 2.24) is 20.2 Å². The molecule has 28 heavy (non-hydrogen) atoms. The zero-order chi connectivity index (χ0) is 20.3. The van der Waals surface area contributed by atoms with Crippen LogP contribution in [0.25, 0.3) is 11.3 Å². The molecular weight excluding hydrogens is 369 g/mol. The number of nitrogens with one attached hydrogen (secondary N) is 2. The number of thiocarbonyl (C=S) groups is 1. The molecule has 3 rings (SSSR count). The third kappa shape index (κ3) is 4.38. The summed E-state index contributed by atoms with van der Waals surface area (Å²) >= 11 is 4.96. The molecule has 6 nitrogen and oxygen atoms in total.